The largest absolute Gasteiger partial charge is 0.507 e. The third-order valence-corrected chi connectivity index (χ3v) is 10.1. The lowest BCUT2D eigenvalue weighted by molar-refractivity contribution is -0.132. The average Bonchev–Trinajstić information content (AvgIpc) is 3.68. The maximum atomic E-state index is 13.7. The van der Waals surface area contributed by atoms with E-state index in [1.165, 1.54) is 33.6 Å². The summed E-state index contributed by atoms with van der Waals surface area (Å²) >= 11 is 2.74. The third-order valence-electron chi connectivity index (χ3n) is 7.98. The molecule has 244 valence electrons. The maximum Gasteiger partial charge on any atom is 0.301 e. The Morgan fingerprint density at radius 3 is 2.27 bits per heavy atom. The van der Waals surface area contributed by atoms with Crippen LogP contribution < -0.4 is 14.4 Å². The number of ketones is 1. The van der Waals surface area contributed by atoms with Crippen LogP contribution in [0.2, 0.25) is 0 Å². The van der Waals surface area contributed by atoms with Gasteiger partial charge in [-0.3, -0.25) is 14.5 Å². The normalized spacial score (nSPS) is 15.6. The summed E-state index contributed by atoms with van der Waals surface area (Å²) in [4.78, 5) is 28.7. The second-order valence-corrected chi connectivity index (χ2v) is 13.6. The van der Waals surface area contributed by atoms with Gasteiger partial charge in [-0.2, -0.15) is 0 Å². The second kappa shape index (κ2) is 14.9. The number of anilines is 1. The number of rotatable bonds is 12. The molecule has 1 amide bonds. The highest BCUT2D eigenvalue weighted by atomic mass is 32.2. The molecule has 0 saturated carbocycles. The molecular weight excluding hydrogens is 643 g/mol. The lowest BCUT2D eigenvalue weighted by atomic mass is 9.95. The molecule has 48 heavy (non-hydrogen) atoms. The fourth-order valence-corrected chi connectivity index (χ4v) is 7.12. The van der Waals surface area contributed by atoms with Crippen LogP contribution in [0.25, 0.3) is 5.76 Å². The van der Waals surface area contributed by atoms with Crippen molar-refractivity contribution in [2.45, 2.75) is 49.9 Å². The van der Waals surface area contributed by atoms with Gasteiger partial charge in [0.05, 0.1) is 18.2 Å². The molecule has 0 aliphatic carbocycles. The number of carbonyl (C=O) groups excluding carboxylic acids is 2. The molecule has 1 aliphatic rings. The zero-order chi connectivity index (χ0) is 33.6. The van der Waals surface area contributed by atoms with E-state index in [0.717, 1.165) is 23.1 Å². The first-order valence-electron chi connectivity index (χ1n) is 15.7. The lowest BCUT2D eigenvalue weighted by Crippen LogP contribution is -2.29. The summed E-state index contributed by atoms with van der Waals surface area (Å²) in [5.41, 5.74) is 5.51. The van der Waals surface area contributed by atoms with Crippen LogP contribution in [0.5, 0.6) is 11.5 Å². The first kappa shape index (κ1) is 33.0. The van der Waals surface area contributed by atoms with Crippen molar-refractivity contribution in [1.29, 1.82) is 0 Å². The topological polar surface area (TPSA) is 102 Å². The van der Waals surface area contributed by atoms with Gasteiger partial charge in [-0.15, -0.1) is 10.2 Å². The molecule has 5 aromatic rings. The number of aryl methyl sites for hydroxylation is 2. The smallest absolute Gasteiger partial charge is 0.301 e. The molecule has 4 aromatic carbocycles. The van der Waals surface area contributed by atoms with Gasteiger partial charge in [-0.05, 0) is 78.9 Å². The molecule has 1 N–H and O–H groups in total. The number of hydrogen-bond acceptors (Lipinski definition) is 9. The minimum Gasteiger partial charge on any atom is -0.507 e. The van der Waals surface area contributed by atoms with Crippen LogP contribution in [0.1, 0.15) is 52.8 Å². The number of Topliss-reactive ketones (excluding diaryl/α,β-unsaturated/α-hetero) is 1. The van der Waals surface area contributed by atoms with E-state index in [9.17, 15) is 14.7 Å². The van der Waals surface area contributed by atoms with Crippen molar-refractivity contribution < 1.29 is 24.2 Å². The van der Waals surface area contributed by atoms with Gasteiger partial charge < -0.3 is 14.6 Å². The van der Waals surface area contributed by atoms with Crippen LogP contribution in [0.3, 0.4) is 0 Å². The Bertz CT molecular complexity index is 1940. The van der Waals surface area contributed by atoms with Gasteiger partial charge in [0.2, 0.25) is 5.13 Å². The van der Waals surface area contributed by atoms with E-state index in [-0.39, 0.29) is 16.5 Å². The van der Waals surface area contributed by atoms with E-state index >= 15 is 0 Å². The van der Waals surface area contributed by atoms with Crippen molar-refractivity contribution in [2.24, 2.45) is 0 Å². The van der Waals surface area contributed by atoms with Gasteiger partial charge in [0.25, 0.3) is 5.78 Å². The molecule has 2 heterocycles. The van der Waals surface area contributed by atoms with Crippen LogP contribution in [0, 0.1) is 13.8 Å². The number of thioether (sulfide) groups is 1. The number of hydrogen-bond donors (Lipinski definition) is 1. The number of ether oxygens (including phenoxy) is 2. The van der Waals surface area contributed by atoms with Crippen molar-refractivity contribution in [3.8, 4) is 11.5 Å². The SMILES string of the molecule is CCCOc1ccc(C2/C(=C(\O)c3ccc(OCc4ccccc4C)cc3)C(=O)C(=O)N2c2nnc(SCc3ccc(C)cc3)s2)cc1. The minimum absolute atomic E-state index is 0.0279. The minimum atomic E-state index is -0.926. The van der Waals surface area contributed by atoms with E-state index in [4.69, 9.17) is 9.47 Å². The monoisotopic (exact) mass is 677 g/mol. The highest BCUT2D eigenvalue weighted by molar-refractivity contribution is 8.00. The molecule has 1 saturated heterocycles. The fourth-order valence-electron chi connectivity index (χ4n) is 5.30. The van der Waals surface area contributed by atoms with Gasteiger partial charge >= 0.3 is 5.91 Å². The predicted octanol–water partition coefficient (Wildman–Crippen LogP) is 8.44. The van der Waals surface area contributed by atoms with Crippen molar-refractivity contribution in [3.63, 3.8) is 0 Å². The summed E-state index contributed by atoms with van der Waals surface area (Å²) in [5, 5.41) is 20.6. The Morgan fingerprint density at radius 1 is 0.875 bits per heavy atom. The molecule has 0 spiro atoms. The molecule has 1 unspecified atom stereocenters. The summed E-state index contributed by atoms with van der Waals surface area (Å²) in [6.45, 7) is 7.07. The van der Waals surface area contributed by atoms with Crippen LogP contribution in [-0.2, 0) is 21.9 Å². The first-order chi connectivity index (χ1) is 23.3. The number of carbonyl (C=O) groups is 2. The first-order valence-corrected chi connectivity index (χ1v) is 17.5. The van der Waals surface area contributed by atoms with E-state index in [0.29, 0.717) is 45.9 Å². The number of aliphatic hydroxyl groups excluding tert-OH is 1. The van der Waals surface area contributed by atoms with Crippen molar-refractivity contribution in [2.75, 3.05) is 11.5 Å². The molecule has 10 heteroatoms. The van der Waals surface area contributed by atoms with Gasteiger partial charge in [0.1, 0.15) is 23.9 Å². The lowest BCUT2D eigenvalue weighted by Gasteiger charge is -2.22. The Kier molecular flexibility index (Phi) is 10.2. The van der Waals surface area contributed by atoms with Gasteiger partial charge in [0, 0.05) is 11.3 Å². The molecule has 8 nitrogen and oxygen atoms in total. The Balaban J connectivity index is 1.30. The molecule has 6 rings (SSSR count). The van der Waals surface area contributed by atoms with Gasteiger partial charge in [-0.1, -0.05) is 96.2 Å². The number of benzene rings is 4. The summed E-state index contributed by atoms with van der Waals surface area (Å²) in [5.74, 6) is 0.103. The third kappa shape index (κ3) is 7.30. The number of amides is 1. The molecular formula is C38H35N3O5S2. The van der Waals surface area contributed by atoms with Crippen LogP contribution >= 0.6 is 23.1 Å². The van der Waals surface area contributed by atoms with Crippen LogP contribution in [0.4, 0.5) is 5.13 Å². The maximum absolute atomic E-state index is 13.7. The van der Waals surface area contributed by atoms with E-state index in [1.54, 1.807) is 48.5 Å². The molecule has 1 atom stereocenters. The quantitative estimate of drug-likeness (QED) is 0.0462. The standard InChI is InChI=1S/C38H35N3O5S2/c1-4-21-45-30-17-13-27(14-18-30)33-32(34(42)28-15-19-31(20-16-28)46-22-29-8-6-5-7-25(29)3)35(43)36(44)41(33)37-39-40-38(48-37)47-23-26-11-9-24(2)10-12-26/h5-20,33,42H,4,21-23H2,1-3H3/b34-32+. The molecule has 1 aromatic heterocycles. The zero-order valence-electron chi connectivity index (χ0n) is 26.9. The molecule has 0 bridgehead atoms. The summed E-state index contributed by atoms with van der Waals surface area (Å²) in [7, 11) is 0. The Hall–Kier alpha value is -4.93. The Morgan fingerprint density at radius 2 is 1.56 bits per heavy atom. The van der Waals surface area contributed by atoms with Crippen molar-refractivity contribution in [1.82, 2.24) is 10.2 Å². The van der Waals surface area contributed by atoms with Crippen molar-refractivity contribution >= 4 is 45.7 Å². The average molecular weight is 678 g/mol. The second-order valence-electron chi connectivity index (χ2n) is 11.5. The fraction of sp³-hybridized carbons (Fsp3) is 0.211. The highest BCUT2D eigenvalue weighted by Gasteiger charge is 2.48. The Labute approximate surface area is 288 Å². The molecule has 1 fully saturated rings. The molecule has 0 radical (unpaired) electrons. The number of aliphatic hydroxyl groups is 1. The number of nitrogens with zero attached hydrogens (tertiary/aromatic N) is 3. The number of aromatic nitrogens is 2. The van der Waals surface area contributed by atoms with Crippen molar-refractivity contribution in [3.05, 3.63) is 136 Å². The van der Waals surface area contributed by atoms with Gasteiger partial charge in [0.15, 0.2) is 4.34 Å². The highest BCUT2D eigenvalue weighted by Crippen LogP contribution is 2.44. The summed E-state index contributed by atoms with van der Waals surface area (Å²) in [6.07, 6.45) is 0.860. The predicted molar refractivity (Wildman–Crippen MR) is 190 cm³/mol. The van der Waals surface area contributed by atoms with E-state index in [2.05, 4.69) is 34.5 Å². The zero-order valence-corrected chi connectivity index (χ0v) is 28.5. The summed E-state index contributed by atoms with van der Waals surface area (Å²) < 4.78 is 12.4. The van der Waals surface area contributed by atoms with E-state index < -0.39 is 17.7 Å². The van der Waals surface area contributed by atoms with Crippen LogP contribution in [-0.4, -0.2) is 33.6 Å². The van der Waals surface area contributed by atoms with Gasteiger partial charge in [-0.25, -0.2) is 0 Å². The van der Waals surface area contributed by atoms with Crippen LogP contribution in [0.15, 0.2) is 107 Å². The summed E-state index contributed by atoms with van der Waals surface area (Å²) in [6, 6.07) is 29.4. The molecule has 1 aliphatic heterocycles. The van der Waals surface area contributed by atoms with E-state index in [1.807, 2.05) is 45.0 Å².